The van der Waals surface area contributed by atoms with Gasteiger partial charge < -0.3 is 14.7 Å². The number of amides is 1. The molecule has 0 atom stereocenters. The molecule has 0 aromatic heterocycles. The number of rotatable bonds is 5. The van der Waals surface area contributed by atoms with Crippen molar-refractivity contribution in [2.75, 3.05) is 26.7 Å². The standard InChI is InChI=1S/C14H26N2O3/c1-4-9-15(10-5-2)13(17)12-8-6-7-11-16(12)14(18)19-3/h17H,4-11H2,1-3H3/b13-12-. The van der Waals surface area contributed by atoms with Crippen molar-refractivity contribution in [3.05, 3.63) is 11.6 Å². The molecule has 1 amide bonds. The summed E-state index contributed by atoms with van der Waals surface area (Å²) < 4.78 is 4.79. The summed E-state index contributed by atoms with van der Waals surface area (Å²) in [6, 6.07) is 0. The van der Waals surface area contributed by atoms with Crippen molar-refractivity contribution in [3.63, 3.8) is 0 Å². The predicted octanol–water partition coefficient (Wildman–Crippen LogP) is 3.09. The number of carbonyl (C=O) groups is 1. The van der Waals surface area contributed by atoms with Gasteiger partial charge in [-0.05, 0) is 32.1 Å². The van der Waals surface area contributed by atoms with Gasteiger partial charge in [-0.1, -0.05) is 13.8 Å². The van der Waals surface area contributed by atoms with Gasteiger partial charge in [0.2, 0.25) is 5.88 Å². The van der Waals surface area contributed by atoms with E-state index in [0.717, 1.165) is 45.2 Å². The van der Waals surface area contributed by atoms with Crippen LogP contribution in [0.25, 0.3) is 0 Å². The third-order valence-corrected chi connectivity index (χ3v) is 3.31. The maximum absolute atomic E-state index is 11.8. The van der Waals surface area contributed by atoms with Gasteiger partial charge >= 0.3 is 6.09 Å². The summed E-state index contributed by atoms with van der Waals surface area (Å²) >= 11 is 0. The molecule has 1 aliphatic heterocycles. The van der Waals surface area contributed by atoms with Crippen molar-refractivity contribution >= 4 is 6.09 Å². The zero-order chi connectivity index (χ0) is 14.3. The lowest BCUT2D eigenvalue weighted by atomic mass is 10.1. The highest BCUT2D eigenvalue weighted by Gasteiger charge is 2.27. The lowest BCUT2D eigenvalue weighted by molar-refractivity contribution is 0.117. The fraction of sp³-hybridized carbons (Fsp3) is 0.786. The fourth-order valence-electron chi connectivity index (χ4n) is 2.42. The van der Waals surface area contributed by atoms with Crippen molar-refractivity contribution in [2.24, 2.45) is 0 Å². The van der Waals surface area contributed by atoms with E-state index in [1.165, 1.54) is 7.11 Å². The van der Waals surface area contributed by atoms with E-state index in [9.17, 15) is 9.90 Å². The summed E-state index contributed by atoms with van der Waals surface area (Å²) in [6.07, 6.45) is 4.23. The summed E-state index contributed by atoms with van der Waals surface area (Å²) in [5, 5.41) is 10.5. The number of ether oxygens (including phenoxy) is 1. The summed E-state index contributed by atoms with van der Waals surface area (Å²) in [7, 11) is 1.38. The SMILES string of the molecule is CCCN(CCC)/C(O)=C1\CCCCN1C(=O)OC. The van der Waals surface area contributed by atoms with Crippen LogP contribution in [0.5, 0.6) is 0 Å². The molecule has 0 radical (unpaired) electrons. The highest BCUT2D eigenvalue weighted by Crippen LogP contribution is 2.25. The Morgan fingerprint density at radius 1 is 1.32 bits per heavy atom. The number of allylic oxidation sites excluding steroid dienone is 1. The number of aliphatic hydroxyl groups excluding tert-OH is 1. The van der Waals surface area contributed by atoms with Crippen molar-refractivity contribution < 1.29 is 14.6 Å². The number of likely N-dealkylation sites (tertiary alicyclic amines) is 1. The Kier molecular flexibility index (Phi) is 6.53. The third kappa shape index (κ3) is 4.04. The molecule has 5 nitrogen and oxygen atoms in total. The average molecular weight is 270 g/mol. The van der Waals surface area contributed by atoms with Crippen LogP contribution in [-0.2, 0) is 4.74 Å². The first-order valence-corrected chi connectivity index (χ1v) is 7.18. The summed E-state index contributed by atoms with van der Waals surface area (Å²) in [5.74, 6) is 0.244. The second kappa shape index (κ2) is 7.92. The minimum absolute atomic E-state index is 0.244. The molecule has 5 heteroatoms. The molecule has 0 aliphatic carbocycles. The van der Waals surface area contributed by atoms with E-state index >= 15 is 0 Å². The largest absolute Gasteiger partial charge is 0.493 e. The molecule has 1 N–H and O–H groups in total. The summed E-state index contributed by atoms with van der Waals surface area (Å²) in [4.78, 5) is 15.3. The molecular formula is C14H26N2O3. The molecule has 110 valence electrons. The number of aliphatic hydroxyl groups is 1. The number of methoxy groups -OCH3 is 1. The molecule has 1 rings (SSSR count). The first kappa shape index (κ1) is 15.7. The predicted molar refractivity (Wildman–Crippen MR) is 74.8 cm³/mol. The van der Waals surface area contributed by atoms with Gasteiger partial charge in [0.05, 0.1) is 12.8 Å². The monoisotopic (exact) mass is 270 g/mol. The Morgan fingerprint density at radius 2 is 1.95 bits per heavy atom. The number of carbonyl (C=O) groups excluding carboxylic acids is 1. The van der Waals surface area contributed by atoms with Crippen LogP contribution >= 0.6 is 0 Å². The Hall–Kier alpha value is -1.39. The molecule has 1 heterocycles. The van der Waals surface area contributed by atoms with E-state index in [-0.39, 0.29) is 12.0 Å². The Balaban J connectivity index is 2.95. The van der Waals surface area contributed by atoms with Crippen molar-refractivity contribution in [1.82, 2.24) is 9.80 Å². The molecule has 1 fully saturated rings. The van der Waals surface area contributed by atoms with Crippen LogP contribution in [0.4, 0.5) is 4.79 Å². The molecule has 1 aliphatic rings. The third-order valence-electron chi connectivity index (χ3n) is 3.31. The van der Waals surface area contributed by atoms with Crippen LogP contribution in [0, 0.1) is 0 Å². The van der Waals surface area contributed by atoms with E-state index in [1.807, 2.05) is 4.90 Å². The van der Waals surface area contributed by atoms with Gasteiger partial charge in [0.25, 0.3) is 0 Å². The average Bonchev–Trinajstić information content (AvgIpc) is 2.45. The maximum atomic E-state index is 11.8. The van der Waals surface area contributed by atoms with E-state index in [1.54, 1.807) is 4.90 Å². The van der Waals surface area contributed by atoms with Crippen LogP contribution < -0.4 is 0 Å². The quantitative estimate of drug-likeness (QED) is 0.780. The van der Waals surface area contributed by atoms with Gasteiger partial charge in [-0.15, -0.1) is 0 Å². The summed E-state index contributed by atoms with van der Waals surface area (Å²) in [5.41, 5.74) is 0.708. The smallest absolute Gasteiger partial charge is 0.413 e. The van der Waals surface area contributed by atoms with Gasteiger partial charge in [-0.25, -0.2) is 4.79 Å². The Morgan fingerprint density at radius 3 is 2.47 bits per heavy atom. The Labute approximate surface area is 115 Å². The molecule has 0 unspecified atom stereocenters. The van der Waals surface area contributed by atoms with E-state index in [0.29, 0.717) is 12.2 Å². The fourth-order valence-corrected chi connectivity index (χ4v) is 2.42. The highest BCUT2D eigenvalue weighted by molar-refractivity contribution is 5.70. The van der Waals surface area contributed by atoms with Gasteiger partial charge in [0.15, 0.2) is 0 Å². The second-order valence-electron chi connectivity index (χ2n) is 4.84. The minimum Gasteiger partial charge on any atom is -0.493 e. The van der Waals surface area contributed by atoms with Crippen molar-refractivity contribution in [1.29, 1.82) is 0 Å². The minimum atomic E-state index is -0.380. The van der Waals surface area contributed by atoms with Gasteiger partial charge in [0.1, 0.15) is 0 Å². The molecular weight excluding hydrogens is 244 g/mol. The normalized spacial score (nSPS) is 18.2. The molecule has 19 heavy (non-hydrogen) atoms. The van der Waals surface area contributed by atoms with Crippen molar-refractivity contribution in [2.45, 2.75) is 46.0 Å². The number of nitrogens with zero attached hydrogens (tertiary/aromatic N) is 2. The number of hydrogen-bond donors (Lipinski definition) is 1. The molecule has 0 aromatic rings. The number of hydrogen-bond acceptors (Lipinski definition) is 4. The molecule has 0 bridgehead atoms. The first-order valence-electron chi connectivity index (χ1n) is 7.18. The molecule has 0 aromatic carbocycles. The second-order valence-corrected chi connectivity index (χ2v) is 4.84. The van der Waals surface area contributed by atoms with Gasteiger partial charge in [-0.3, -0.25) is 4.90 Å². The van der Waals surface area contributed by atoms with Crippen LogP contribution in [-0.4, -0.2) is 47.7 Å². The molecule has 1 saturated heterocycles. The van der Waals surface area contributed by atoms with E-state index < -0.39 is 0 Å². The zero-order valence-corrected chi connectivity index (χ0v) is 12.3. The topological polar surface area (TPSA) is 53.0 Å². The molecule has 0 saturated carbocycles. The van der Waals surface area contributed by atoms with Gasteiger partial charge in [0, 0.05) is 19.6 Å². The molecule has 0 spiro atoms. The van der Waals surface area contributed by atoms with Crippen LogP contribution in [0.15, 0.2) is 11.6 Å². The zero-order valence-electron chi connectivity index (χ0n) is 12.3. The Bertz CT molecular complexity index is 323. The lowest BCUT2D eigenvalue weighted by Crippen LogP contribution is -2.38. The van der Waals surface area contributed by atoms with Crippen LogP contribution in [0.3, 0.4) is 0 Å². The summed E-state index contributed by atoms with van der Waals surface area (Å²) in [6.45, 7) is 6.40. The lowest BCUT2D eigenvalue weighted by Gasteiger charge is -2.32. The van der Waals surface area contributed by atoms with Crippen molar-refractivity contribution in [3.8, 4) is 0 Å². The highest BCUT2D eigenvalue weighted by atomic mass is 16.5. The van der Waals surface area contributed by atoms with Gasteiger partial charge in [-0.2, -0.15) is 0 Å². The first-order chi connectivity index (χ1) is 9.15. The van der Waals surface area contributed by atoms with E-state index in [2.05, 4.69) is 13.8 Å². The maximum Gasteiger partial charge on any atom is 0.413 e. The van der Waals surface area contributed by atoms with Crippen LogP contribution in [0.2, 0.25) is 0 Å². The number of piperidine rings is 1. The van der Waals surface area contributed by atoms with E-state index in [4.69, 9.17) is 4.74 Å². The van der Waals surface area contributed by atoms with Crippen LogP contribution in [0.1, 0.15) is 46.0 Å².